The monoisotopic (exact) mass is 283 g/mol. The lowest BCUT2D eigenvalue weighted by molar-refractivity contribution is 0.287. The summed E-state index contributed by atoms with van der Waals surface area (Å²) in [5.41, 5.74) is 6.51. The van der Waals surface area contributed by atoms with Crippen molar-refractivity contribution in [3.8, 4) is 11.5 Å². The Morgan fingerprint density at radius 2 is 2.22 bits per heavy atom. The fourth-order valence-corrected chi connectivity index (χ4v) is 2.47. The molecule has 1 aromatic heterocycles. The molecule has 0 aliphatic rings. The normalized spacial score (nSPS) is 10.4. The molecule has 0 amide bonds. The summed E-state index contributed by atoms with van der Waals surface area (Å²) in [7, 11) is 1.59. The van der Waals surface area contributed by atoms with E-state index >= 15 is 0 Å². The number of hydrogen-bond donors (Lipinski definition) is 1. The largest absolute Gasteiger partial charge is 0.493 e. The summed E-state index contributed by atoms with van der Waals surface area (Å²) in [4.78, 5) is 1.14. The molecule has 0 aliphatic heterocycles. The molecule has 0 spiro atoms. The Balaban J connectivity index is 2.20. The lowest BCUT2D eigenvalue weighted by Crippen LogP contribution is -2.01. The molecular formula is C13H14ClNO2S. The summed E-state index contributed by atoms with van der Waals surface area (Å²) < 4.78 is 11.0. The second-order valence-electron chi connectivity index (χ2n) is 3.68. The van der Waals surface area contributed by atoms with Crippen LogP contribution in [0.4, 0.5) is 0 Å². The number of methoxy groups -OCH3 is 1. The number of halogens is 1. The van der Waals surface area contributed by atoms with Crippen LogP contribution in [-0.4, -0.2) is 7.11 Å². The molecule has 0 saturated carbocycles. The molecule has 0 atom stereocenters. The molecule has 3 nitrogen and oxygen atoms in total. The average molecular weight is 284 g/mol. The summed E-state index contributed by atoms with van der Waals surface area (Å²) >= 11 is 7.82. The van der Waals surface area contributed by atoms with Gasteiger partial charge < -0.3 is 15.2 Å². The molecule has 0 bridgehead atoms. The Hall–Kier alpha value is -1.23. The van der Waals surface area contributed by atoms with Crippen molar-refractivity contribution in [2.75, 3.05) is 7.11 Å². The molecule has 2 aromatic rings. The third-order valence-corrected chi connectivity index (χ3v) is 3.59. The first-order valence-corrected chi connectivity index (χ1v) is 6.72. The Kier molecular flexibility index (Phi) is 4.47. The number of rotatable bonds is 5. The molecule has 0 fully saturated rings. The quantitative estimate of drug-likeness (QED) is 0.914. The van der Waals surface area contributed by atoms with E-state index in [0.717, 1.165) is 10.4 Å². The first kappa shape index (κ1) is 13.2. The van der Waals surface area contributed by atoms with E-state index in [1.54, 1.807) is 24.5 Å². The van der Waals surface area contributed by atoms with Crippen LogP contribution in [0.3, 0.4) is 0 Å². The minimum atomic E-state index is 0.418. The number of benzene rings is 1. The van der Waals surface area contributed by atoms with E-state index in [9.17, 15) is 0 Å². The van der Waals surface area contributed by atoms with Gasteiger partial charge in [0.15, 0.2) is 11.5 Å². The van der Waals surface area contributed by atoms with Gasteiger partial charge in [-0.15, -0.1) is 11.3 Å². The van der Waals surface area contributed by atoms with Crippen LogP contribution < -0.4 is 15.2 Å². The van der Waals surface area contributed by atoms with E-state index in [0.29, 0.717) is 29.7 Å². The van der Waals surface area contributed by atoms with Gasteiger partial charge in [-0.05, 0) is 29.1 Å². The van der Waals surface area contributed by atoms with Crippen LogP contribution in [0.25, 0.3) is 0 Å². The lowest BCUT2D eigenvalue weighted by atomic mass is 10.2. The van der Waals surface area contributed by atoms with Crippen molar-refractivity contribution in [1.82, 2.24) is 0 Å². The summed E-state index contributed by atoms with van der Waals surface area (Å²) in [6.07, 6.45) is 0. The van der Waals surface area contributed by atoms with E-state index in [1.807, 2.05) is 23.6 Å². The van der Waals surface area contributed by atoms with Crippen molar-refractivity contribution >= 4 is 22.9 Å². The lowest BCUT2D eigenvalue weighted by Gasteiger charge is -2.13. The zero-order valence-electron chi connectivity index (χ0n) is 9.98. The van der Waals surface area contributed by atoms with E-state index in [2.05, 4.69) is 0 Å². The average Bonchev–Trinajstić information content (AvgIpc) is 2.89. The van der Waals surface area contributed by atoms with Crippen molar-refractivity contribution in [2.24, 2.45) is 5.73 Å². The predicted octanol–water partition coefficient (Wildman–Crippen LogP) is 3.45. The Morgan fingerprint density at radius 3 is 2.83 bits per heavy atom. The molecule has 0 radical (unpaired) electrons. The Bertz CT molecular complexity index is 514. The molecule has 18 heavy (non-hydrogen) atoms. The van der Waals surface area contributed by atoms with Crippen molar-refractivity contribution in [3.05, 3.63) is 45.1 Å². The highest BCUT2D eigenvalue weighted by Crippen LogP contribution is 2.37. The molecule has 2 rings (SSSR count). The highest BCUT2D eigenvalue weighted by Gasteiger charge is 2.12. The summed E-state index contributed by atoms with van der Waals surface area (Å²) in [5, 5.41) is 2.53. The van der Waals surface area contributed by atoms with Gasteiger partial charge in [0.05, 0.1) is 12.1 Å². The second kappa shape index (κ2) is 6.09. The van der Waals surface area contributed by atoms with Crippen LogP contribution in [0.1, 0.15) is 10.4 Å². The van der Waals surface area contributed by atoms with Gasteiger partial charge in [0, 0.05) is 11.4 Å². The zero-order valence-corrected chi connectivity index (χ0v) is 11.6. The van der Waals surface area contributed by atoms with Gasteiger partial charge in [-0.25, -0.2) is 0 Å². The SMILES string of the molecule is COc1cc(CN)cc(Cl)c1OCc1cccs1. The van der Waals surface area contributed by atoms with Crippen LogP contribution in [0.2, 0.25) is 5.02 Å². The van der Waals surface area contributed by atoms with Crippen LogP contribution in [0.5, 0.6) is 11.5 Å². The third-order valence-electron chi connectivity index (χ3n) is 2.46. The fourth-order valence-electron chi connectivity index (χ4n) is 1.57. The van der Waals surface area contributed by atoms with E-state index in [1.165, 1.54) is 0 Å². The van der Waals surface area contributed by atoms with E-state index < -0.39 is 0 Å². The van der Waals surface area contributed by atoms with Crippen molar-refractivity contribution in [3.63, 3.8) is 0 Å². The van der Waals surface area contributed by atoms with Gasteiger partial charge in [-0.1, -0.05) is 17.7 Å². The van der Waals surface area contributed by atoms with Gasteiger partial charge in [0.25, 0.3) is 0 Å². The van der Waals surface area contributed by atoms with Crippen molar-refractivity contribution in [1.29, 1.82) is 0 Å². The number of thiophene rings is 1. The Labute approximate surface area is 115 Å². The van der Waals surface area contributed by atoms with Gasteiger partial charge in [0.1, 0.15) is 6.61 Å². The maximum atomic E-state index is 6.18. The molecule has 96 valence electrons. The van der Waals surface area contributed by atoms with Gasteiger partial charge in [-0.3, -0.25) is 0 Å². The Morgan fingerprint density at radius 1 is 1.39 bits per heavy atom. The minimum Gasteiger partial charge on any atom is -0.493 e. The van der Waals surface area contributed by atoms with Crippen LogP contribution in [0, 0.1) is 0 Å². The number of hydrogen-bond acceptors (Lipinski definition) is 4. The molecule has 0 unspecified atom stereocenters. The van der Waals surface area contributed by atoms with Gasteiger partial charge >= 0.3 is 0 Å². The molecule has 0 saturated heterocycles. The number of nitrogens with two attached hydrogens (primary N) is 1. The first-order chi connectivity index (χ1) is 8.74. The van der Waals surface area contributed by atoms with Crippen LogP contribution in [-0.2, 0) is 13.2 Å². The summed E-state index contributed by atoms with van der Waals surface area (Å²) in [5.74, 6) is 1.17. The number of ether oxygens (including phenoxy) is 2. The second-order valence-corrected chi connectivity index (χ2v) is 5.12. The maximum Gasteiger partial charge on any atom is 0.180 e. The predicted molar refractivity (Wildman–Crippen MR) is 74.5 cm³/mol. The van der Waals surface area contributed by atoms with E-state index in [-0.39, 0.29) is 0 Å². The molecule has 2 N–H and O–H groups in total. The fraction of sp³-hybridized carbons (Fsp3) is 0.231. The van der Waals surface area contributed by atoms with Crippen LogP contribution >= 0.6 is 22.9 Å². The molecule has 0 aliphatic carbocycles. The van der Waals surface area contributed by atoms with Gasteiger partial charge in [0.2, 0.25) is 0 Å². The zero-order chi connectivity index (χ0) is 13.0. The summed E-state index contributed by atoms with van der Waals surface area (Å²) in [6, 6.07) is 7.64. The molecule has 1 heterocycles. The molecule has 1 aromatic carbocycles. The summed E-state index contributed by atoms with van der Waals surface area (Å²) in [6.45, 7) is 0.900. The van der Waals surface area contributed by atoms with Crippen molar-refractivity contribution in [2.45, 2.75) is 13.2 Å². The standard InChI is InChI=1S/C13H14ClNO2S/c1-16-12-6-9(7-15)5-11(14)13(12)17-8-10-3-2-4-18-10/h2-6H,7-8,15H2,1H3. The van der Waals surface area contributed by atoms with Crippen molar-refractivity contribution < 1.29 is 9.47 Å². The highest BCUT2D eigenvalue weighted by atomic mass is 35.5. The topological polar surface area (TPSA) is 44.5 Å². The highest BCUT2D eigenvalue weighted by molar-refractivity contribution is 7.09. The maximum absolute atomic E-state index is 6.18. The van der Waals surface area contributed by atoms with Gasteiger partial charge in [-0.2, -0.15) is 0 Å². The third kappa shape index (κ3) is 2.96. The minimum absolute atomic E-state index is 0.418. The smallest absolute Gasteiger partial charge is 0.180 e. The first-order valence-electron chi connectivity index (χ1n) is 5.46. The van der Waals surface area contributed by atoms with Crippen LogP contribution in [0.15, 0.2) is 29.6 Å². The van der Waals surface area contributed by atoms with E-state index in [4.69, 9.17) is 26.8 Å². The molecule has 5 heteroatoms. The molecular weight excluding hydrogens is 270 g/mol.